The Bertz CT molecular complexity index is 1490. The van der Waals surface area contributed by atoms with Crippen molar-refractivity contribution in [1.29, 1.82) is 0 Å². The molecule has 1 aromatic heterocycles. The summed E-state index contributed by atoms with van der Waals surface area (Å²) in [5.41, 5.74) is 2.90. The van der Waals surface area contributed by atoms with Gasteiger partial charge in [0.1, 0.15) is 10.5 Å². The number of thiazole rings is 1. The molecule has 0 bridgehead atoms. The van der Waals surface area contributed by atoms with Crippen LogP contribution in [-0.2, 0) is 16.8 Å². The molecule has 2 amide bonds. The maximum atomic E-state index is 15.3. The smallest absolute Gasteiger partial charge is 0.263 e. The van der Waals surface area contributed by atoms with E-state index in [1.54, 1.807) is 17.2 Å². The summed E-state index contributed by atoms with van der Waals surface area (Å²) in [7, 11) is 0. The first-order valence-corrected chi connectivity index (χ1v) is 16.5. The first-order valence-electron chi connectivity index (χ1n) is 15.7. The topological polar surface area (TPSA) is 78.0 Å². The van der Waals surface area contributed by atoms with Crippen molar-refractivity contribution in [2.24, 2.45) is 0 Å². The Labute approximate surface area is 263 Å². The van der Waals surface area contributed by atoms with Gasteiger partial charge in [0.2, 0.25) is 5.91 Å². The molecular formula is C34H42FN5O3S. The molecule has 6 rings (SSSR count). The zero-order valence-corrected chi connectivity index (χ0v) is 26.7. The number of fused-ring (bicyclic) bond motifs is 1. The fourth-order valence-corrected chi connectivity index (χ4v) is 7.26. The van der Waals surface area contributed by atoms with E-state index in [1.165, 1.54) is 28.5 Å². The van der Waals surface area contributed by atoms with Crippen LogP contribution >= 0.6 is 11.3 Å². The van der Waals surface area contributed by atoms with E-state index in [0.29, 0.717) is 49.8 Å². The van der Waals surface area contributed by atoms with Gasteiger partial charge in [-0.1, -0.05) is 62.4 Å². The number of hydrogen-bond acceptors (Lipinski definition) is 7. The number of amides is 2. The molecule has 1 N–H and O–H groups in total. The zero-order valence-electron chi connectivity index (χ0n) is 25.9. The largest absolute Gasteiger partial charge is 0.482 e. The Kier molecular flexibility index (Phi) is 8.55. The third-order valence-electron chi connectivity index (χ3n) is 9.14. The molecule has 3 aliphatic rings. The summed E-state index contributed by atoms with van der Waals surface area (Å²) in [6.45, 7) is 11.2. The number of piperidine rings is 1. The number of aromatic nitrogens is 1. The second-order valence-electron chi connectivity index (χ2n) is 13.2. The Morgan fingerprint density at radius 1 is 1.05 bits per heavy atom. The summed E-state index contributed by atoms with van der Waals surface area (Å²) in [6, 6.07) is 13.9. The maximum absolute atomic E-state index is 15.3. The molecule has 1 spiro atoms. The Morgan fingerprint density at radius 3 is 2.50 bits per heavy atom. The quantitative estimate of drug-likeness (QED) is 0.363. The fraction of sp³-hybridized carbons (Fsp3) is 0.500. The molecular weight excluding hydrogens is 577 g/mol. The molecule has 3 aromatic rings. The molecule has 44 heavy (non-hydrogen) atoms. The van der Waals surface area contributed by atoms with Crippen LogP contribution in [0.4, 0.5) is 15.2 Å². The first-order chi connectivity index (χ1) is 21.1. The van der Waals surface area contributed by atoms with Gasteiger partial charge in [-0.25, -0.2) is 9.37 Å². The van der Waals surface area contributed by atoms with Gasteiger partial charge in [-0.05, 0) is 35.1 Å². The highest BCUT2D eigenvalue weighted by Gasteiger charge is 2.41. The molecule has 234 valence electrons. The molecule has 2 aromatic carbocycles. The van der Waals surface area contributed by atoms with Crippen LogP contribution in [-0.4, -0.2) is 66.6 Å². The summed E-state index contributed by atoms with van der Waals surface area (Å²) in [5, 5.41) is 3.73. The number of halogens is 1. The monoisotopic (exact) mass is 619 g/mol. The van der Waals surface area contributed by atoms with Crippen LogP contribution in [0.5, 0.6) is 5.75 Å². The first kappa shape index (κ1) is 30.4. The van der Waals surface area contributed by atoms with E-state index in [1.807, 2.05) is 6.07 Å². The minimum atomic E-state index is -0.469. The Morgan fingerprint density at radius 2 is 1.80 bits per heavy atom. The van der Waals surface area contributed by atoms with Crippen molar-refractivity contribution in [2.45, 2.75) is 70.4 Å². The van der Waals surface area contributed by atoms with Crippen LogP contribution in [0.25, 0.3) is 0 Å². The van der Waals surface area contributed by atoms with Gasteiger partial charge in [-0.15, -0.1) is 0 Å². The number of nitrogens with zero attached hydrogens (tertiary/aromatic N) is 4. The number of anilines is 2. The van der Waals surface area contributed by atoms with E-state index in [4.69, 9.17) is 4.74 Å². The summed E-state index contributed by atoms with van der Waals surface area (Å²) in [5.74, 6) is 0.00318. The van der Waals surface area contributed by atoms with Gasteiger partial charge in [0, 0.05) is 71.5 Å². The molecule has 0 saturated carbocycles. The lowest BCUT2D eigenvalue weighted by molar-refractivity contribution is -0.127. The molecule has 4 heterocycles. The van der Waals surface area contributed by atoms with Crippen LogP contribution in [0.15, 0.2) is 48.7 Å². The number of nitrogens with one attached hydrogen (secondary N) is 1. The SMILES string of the molecule is CC(C)(C)c1ccc(CN2CCC3(CCN(c4ncc(C(=O)NCCN5CCCC5=O)s4)CC3)Oc3c(F)cccc32)cc1. The lowest BCUT2D eigenvalue weighted by Gasteiger charge is -2.41. The number of hydrogen-bond donors (Lipinski definition) is 1. The van der Waals surface area contributed by atoms with Gasteiger partial charge in [-0.3, -0.25) is 9.59 Å². The molecule has 2 fully saturated rings. The molecule has 0 atom stereocenters. The van der Waals surface area contributed by atoms with Crippen LogP contribution in [0, 0.1) is 5.82 Å². The number of benzene rings is 2. The minimum Gasteiger partial charge on any atom is -0.482 e. The maximum Gasteiger partial charge on any atom is 0.263 e. The van der Waals surface area contributed by atoms with E-state index in [0.717, 1.165) is 49.6 Å². The summed E-state index contributed by atoms with van der Waals surface area (Å²) in [4.78, 5) is 35.9. The number of para-hydroxylation sites is 1. The molecule has 8 nitrogen and oxygen atoms in total. The van der Waals surface area contributed by atoms with Crippen molar-refractivity contribution in [3.05, 3.63) is 70.5 Å². The highest BCUT2D eigenvalue weighted by Crippen LogP contribution is 2.43. The van der Waals surface area contributed by atoms with E-state index >= 15 is 4.39 Å². The average molecular weight is 620 g/mol. The van der Waals surface area contributed by atoms with E-state index < -0.39 is 5.60 Å². The summed E-state index contributed by atoms with van der Waals surface area (Å²) in [6.07, 6.45) is 5.37. The van der Waals surface area contributed by atoms with Crippen molar-refractivity contribution < 1.29 is 18.7 Å². The minimum absolute atomic E-state index is 0.0916. The van der Waals surface area contributed by atoms with Crippen molar-refractivity contribution in [1.82, 2.24) is 15.2 Å². The lowest BCUT2D eigenvalue weighted by atomic mass is 9.86. The van der Waals surface area contributed by atoms with Gasteiger partial charge in [0.05, 0.1) is 11.9 Å². The lowest BCUT2D eigenvalue weighted by Crippen LogP contribution is -2.48. The second kappa shape index (κ2) is 12.4. The third kappa shape index (κ3) is 6.55. The highest BCUT2D eigenvalue weighted by molar-refractivity contribution is 7.17. The molecule has 10 heteroatoms. The van der Waals surface area contributed by atoms with Gasteiger partial charge in [0.25, 0.3) is 5.91 Å². The number of rotatable bonds is 7. The molecule has 0 unspecified atom stereocenters. The second-order valence-corrected chi connectivity index (χ2v) is 14.2. The molecule has 3 aliphatic heterocycles. The van der Waals surface area contributed by atoms with E-state index in [9.17, 15) is 9.59 Å². The van der Waals surface area contributed by atoms with E-state index in [2.05, 4.69) is 65.1 Å². The van der Waals surface area contributed by atoms with Gasteiger partial charge >= 0.3 is 0 Å². The predicted octanol–water partition coefficient (Wildman–Crippen LogP) is 5.76. The van der Waals surface area contributed by atoms with E-state index in [-0.39, 0.29) is 23.0 Å². The van der Waals surface area contributed by atoms with Crippen molar-refractivity contribution in [2.75, 3.05) is 49.1 Å². The summed E-state index contributed by atoms with van der Waals surface area (Å²) >= 11 is 1.38. The van der Waals surface area contributed by atoms with Crippen molar-refractivity contribution >= 4 is 34.0 Å². The van der Waals surface area contributed by atoms with Gasteiger partial charge in [-0.2, -0.15) is 0 Å². The summed E-state index contributed by atoms with van der Waals surface area (Å²) < 4.78 is 21.9. The molecule has 0 radical (unpaired) electrons. The Balaban J connectivity index is 1.09. The molecule has 0 aliphatic carbocycles. The van der Waals surface area contributed by atoms with Crippen LogP contribution in [0.3, 0.4) is 0 Å². The van der Waals surface area contributed by atoms with Crippen LogP contribution < -0.4 is 19.9 Å². The van der Waals surface area contributed by atoms with Gasteiger partial charge in [0.15, 0.2) is 16.7 Å². The zero-order chi connectivity index (χ0) is 30.9. The average Bonchev–Trinajstić information content (AvgIpc) is 3.63. The number of likely N-dealkylation sites (tertiary alicyclic amines) is 1. The number of carbonyl (C=O) groups excluding carboxylic acids is 2. The predicted molar refractivity (Wildman–Crippen MR) is 172 cm³/mol. The number of ether oxygens (including phenoxy) is 1. The molecule has 2 saturated heterocycles. The van der Waals surface area contributed by atoms with Crippen molar-refractivity contribution in [3.8, 4) is 5.75 Å². The normalized spacial score (nSPS) is 18.3. The van der Waals surface area contributed by atoms with Crippen LogP contribution in [0.1, 0.15) is 73.7 Å². The standard InChI is InChI=1S/C34H42FN5O3S/c1-33(2,3)25-11-9-24(10-12-25)23-40-20-15-34(43-30-26(35)6-4-7-27(30)40)13-18-39(19-14-34)32-37-22-28(44-32)31(42)36-16-21-38-17-5-8-29(38)41/h4,6-7,9-12,22H,5,8,13-21,23H2,1-3H3,(H,36,42). The Hall–Kier alpha value is -3.66. The number of carbonyl (C=O) groups is 2. The van der Waals surface area contributed by atoms with Gasteiger partial charge < -0.3 is 24.8 Å². The highest BCUT2D eigenvalue weighted by atomic mass is 32.1. The third-order valence-corrected chi connectivity index (χ3v) is 10.2. The fourth-order valence-electron chi connectivity index (χ4n) is 6.37. The van der Waals surface area contributed by atoms with Crippen molar-refractivity contribution in [3.63, 3.8) is 0 Å². The van der Waals surface area contributed by atoms with Crippen LogP contribution in [0.2, 0.25) is 0 Å².